The van der Waals surface area contributed by atoms with Gasteiger partial charge >= 0.3 is 0 Å². The fourth-order valence-corrected chi connectivity index (χ4v) is 3.24. The average molecular weight is 337 g/mol. The quantitative estimate of drug-likeness (QED) is 0.793. The Bertz CT molecular complexity index is 915. The minimum atomic E-state index is -0.240. The number of methoxy groups -OCH3 is 1. The molecule has 3 aromatic rings. The van der Waals surface area contributed by atoms with Crippen molar-refractivity contribution < 1.29 is 18.7 Å². The molecule has 1 aromatic heterocycles. The van der Waals surface area contributed by atoms with Gasteiger partial charge in [-0.2, -0.15) is 0 Å². The number of para-hydroxylation sites is 2. The van der Waals surface area contributed by atoms with Crippen molar-refractivity contribution in [2.45, 2.75) is 19.1 Å². The Hall–Kier alpha value is -2.79. The molecule has 5 heteroatoms. The lowest BCUT2D eigenvalue weighted by Crippen LogP contribution is -2.42. The van der Waals surface area contributed by atoms with Gasteiger partial charge in [0, 0.05) is 18.1 Å². The van der Waals surface area contributed by atoms with Gasteiger partial charge in [0.2, 0.25) is 0 Å². The molecule has 1 amide bonds. The van der Waals surface area contributed by atoms with E-state index in [0.717, 1.165) is 28.7 Å². The lowest BCUT2D eigenvalue weighted by molar-refractivity contribution is 0.0883. The van der Waals surface area contributed by atoms with Crippen molar-refractivity contribution in [3.63, 3.8) is 0 Å². The highest BCUT2D eigenvalue weighted by molar-refractivity contribution is 5.99. The zero-order valence-corrected chi connectivity index (χ0v) is 14.0. The van der Waals surface area contributed by atoms with Crippen LogP contribution in [0.1, 0.15) is 21.7 Å². The van der Waals surface area contributed by atoms with Crippen LogP contribution in [0.3, 0.4) is 0 Å². The number of fused-ring (bicyclic) bond motifs is 2. The van der Waals surface area contributed by atoms with E-state index in [1.54, 1.807) is 7.11 Å². The lowest BCUT2D eigenvalue weighted by atomic mass is 10.0. The number of hydrogen-bond acceptors (Lipinski definition) is 4. The van der Waals surface area contributed by atoms with Gasteiger partial charge in [0.15, 0.2) is 5.76 Å². The third-order valence-electron chi connectivity index (χ3n) is 4.41. The van der Waals surface area contributed by atoms with Crippen LogP contribution >= 0.6 is 0 Å². The van der Waals surface area contributed by atoms with Crippen molar-refractivity contribution in [2.24, 2.45) is 0 Å². The molecule has 5 nitrogen and oxygen atoms in total. The van der Waals surface area contributed by atoms with Crippen LogP contribution in [0.5, 0.6) is 5.75 Å². The first-order chi connectivity index (χ1) is 12.3. The molecular weight excluding hydrogens is 318 g/mol. The van der Waals surface area contributed by atoms with E-state index in [1.807, 2.05) is 48.5 Å². The van der Waals surface area contributed by atoms with Crippen LogP contribution in [0.25, 0.3) is 11.0 Å². The number of rotatable bonds is 4. The topological polar surface area (TPSA) is 60.7 Å². The monoisotopic (exact) mass is 337 g/mol. The van der Waals surface area contributed by atoms with Crippen molar-refractivity contribution in [2.75, 3.05) is 13.7 Å². The zero-order valence-electron chi connectivity index (χ0n) is 14.0. The maximum absolute atomic E-state index is 12.8. The highest BCUT2D eigenvalue weighted by Gasteiger charge is 2.25. The van der Waals surface area contributed by atoms with Gasteiger partial charge in [-0.05, 0) is 24.1 Å². The number of nitrogens with one attached hydrogen (secondary N) is 1. The van der Waals surface area contributed by atoms with E-state index in [2.05, 4.69) is 5.32 Å². The van der Waals surface area contributed by atoms with Gasteiger partial charge in [0.25, 0.3) is 5.91 Å². The molecule has 0 saturated heterocycles. The molecule has 1 aliphatic rings. The first-order valence-electron chi connectivity index (χ1n) is 8.27. The highest BCUT2D eigenvalue weighted by atomic mass is 16.5. The minimum absolute atomic E-state index is 0.0917. The predicted octanol–water partition coefficient (Wildman–Crippen LogP) is 3.31. The fourth-order valence-electron chi connectivity index (χ4n) is 3.24. The van der Waals surface area contributed by atoms with Crippen molar-refractivity contribution >= 4 is 16.9 Å². The maximum Gasteiger partial charge on any atom is 0.287 e. The van der Waals surface area contributed by atoms with E-state index in [0.29, 0.717) is 24.6 Å². The molecule has 1 atom stereocenters. The molecule has 0 bridgehead atoms. The number of carbonyl (C=O) groups excluding carboxylic acids is 1. The van der Waals surface area contributed by atoms with E-state index < -0.39 is 0 Å². The molecule has 1 N–H and O–H groups in total. The normalized spacial score (nSPS) is 16.3. The largest absolute Gasteiger partial charge is 0.491 e. The van der Waals surface area contributed by atoms with Crippen LogP contribution in [0, 0.1) is 0 Å². The van der Waals surface area contributed by atoms with Crippen LogP contribution in [0.4, 0.5) is 0 Å². The van der Waals surface area contributed by atoms with E-state index in [1.165, 1.54) is 0 Å². The summed E-state index contributed by atoms with van der Waals surface area (Å²) in [6.07, 6.45) is 0.738. The van der Waals surface area contributed by atoms with E-state index in [9.17, 15) is 4.79 Å². The maximum atomic E-state index is 12.8. The molecule has 0 fully saturated rings. The van der Waals surface area contributed by atoms with Crippen molar-refractivity contribution in [1.82, 2.24) is 5.32 Å². The van der Waals surface area contributed by atoms with Gasteiger partial charge in [-0.3, -0.25) is 4.79 Å². The Kier molecular flexibility index (Phi) is 4.15. The molecule has 1 aliphatic heterocycles. The summed E-state index contributed by atoms with van der Waals surface area (Å²) in [5, 5.41) is 3.93. The minimum Gasteiger partial charge on any atom is -0.491 e. The number of benzene rings is 2. The molecule has 0 radical (unpaired) electrons. The average Bonchev–Trinajstić information content (AvgIpc) is 3.01. The van der Waals surface area contributed by atoms with Gasteiger partial charge in [0.1, 0.15) is 17.9 Å². The molecule has 2 heterocycles. The Morgan fingerprint density at radius 2 is 2.00 bits per heavy atom. The molecule has 0 spiro atoms. The summed E-state index contributed by atoms with van der Waals surface area (Å²) in [5.41, 5.74) is 2.55. The smallest absolute Gasteiger partial charge is 0.287 e. The third kappa shape index (κ3) is 2.98. The Labute approximate surface area is 145 Å². The lowest BCUT2D eigenvalue weighted by Gasteiger charge is -2.25. The van der Waals surface area contributed by atoms with E-state index >= 15 is 0 Å². The summed E-state index contributed by atoms with van der Waals surface area (Å²) in [4.78, 5) is 12.8. The highest BCUT2D eigenvalue weighted by Crippen LogP contribution is 2.28. The second-order valence-corrected chi connectivity index (χ2v) is 6.13. The summed E-state index contributed by atoms with van der Waals surface area (Å²) in [6.45, 7) is 0.770. The number of furan rings is 1. The summed E-state index contributed by atoms with van der Waals surface area (Å²) in [7, 11) is 1.61. The van der Waals surface area contributed by atoms with Gasteiger partial charge in [-0.25, -0.2) is 0 Å². The molecule has 2 aromatic carbocycles. The zero-order chi connectivity index (χ0) is 17.2. The summed E-state index contributed by atoms with van der Waals surface area (Å²) in [6, 6.07) is 15.4. The third-order valence-corrected chi connectivity index (χ3v) is 4.41. The number of hydrogen-bond donors (Lipinski definition) is 1. The Morgan fingerprint density at radius 1 is 1.20 bits per heavy atom. The van der Waals surface area contributed by atoms with Crippen LogP contribution in [0.2, 0.25) is 0 Å². The molecule has 4 rings (SSSR count). The molecule has 128 valence electrons. The fraction of sp³-hybridized carbons (Fsp3) is 0.250. The Morgan fingerprint density at radius 3 is 2.88 bits per heavy atom. The van der Waals surface area contributed by atoms with E-state index in [4.69, 9.17) is 13.9 Å². The molecule has 25 heavy (non-hydrogen) atoms. The first kappa shape index (κ1) is 15.7. The van der Waals surface area contributed by atoms with Crippen molar-refractivity contribution in [3.8, 4) is 5.75 Å². The number of ether oxygens (including phenoxy) is 2. The summed E-state index contributed by atoms with van der Waals surface area (Å²) in [5.74, 6) is 0.954. The van der Waals surface area contributed by atoms with Crippen LogP contribution in [-0.2, 0) is 17.8 Å². The van der Waals surface area contributed by atoms with Crippen LogP contribution < -0.4 is 10.1 Å². The Balaban J connectivity index is 1.57. The molecule has 0 saturated carbocycles. The molecule has 1 unspecified atom stereocenters. The molecular formula is C20H19NO4. The van der Waals surface area contributed by atoms with Gasteiger partial charge < -0.3 is 19.2 Å². The van der Waals surface area contributed by atoms with Crippen molar-refractivity contribution in [3.05, 3.63) is 65.4 Å². The SMILES string of the molecule is COCc1c(C(=O)NC2COc3ccccc3C2)oc2ccccc12. The van der Waals surface area contributed by atoms with Gasteiger partial charge in [0.05, 0.1) is 12.6 Å². The van der Waals surface area contributed by atoms with Crippen molar-refractivity contribution in [1.29, 1.82) is 0 Å². The second-order valence-electron chi connectivity index (χ2n) is 6.13. The van der Waals surface area contributed by atoms with Gasteiger partial charge in [-0.15, -0.1) is 0 Å². The molecule has 0 aliphatic carbocycles. The summed E-state index contributed by atoms with van der Waals surface area (Å²) >= 11 is 0. The predicted molar refractivity (Wildman–Crippen MR) is 93.8 cm³/mol. The van der Waals surface area contributed by atoms with Crippen LogP contribution in [-0.4, -0.2) is 25.7 Å². The standard InChI is InChI=1S/C20H19NO4/c1-23-12-16-15-7-3-5-9-18(15)25-19(16)20(22)21-14-10-13-6-2-4-8-17(13)24-11-14/h2-9,14H,10-12H2,1H3,(H,21,22). The van der Waals surface area contributed by atoms with E-state index in [-0.39, 0.29) is 11.9 Å². The first-order valence-corrected chi connectivity index (χ1v) is 8.27. The number of amides is 1. The summed E-state index contributed by atoms with van der Waals surface area (Å²) < 4.78 is 16.8. The number of carbonyl (C=O) groups is 1. The van der Waals surface area contributed by atoms with Crippen LogP contribution in [0.15, 0.2) is 52.9 Å². The van der Waals surface area contributed by atoms with Gasteiger partial charge in [-0.1, -0.05) is 36.4 Å². The second kappa shape index (κ2) is 6.61.